The molecule has 0 radical (unpaired) electrons. The Hall–Kier alpha value is -1.06. The van der Waals surface area contributed by atoms with Gasteiger partial charge in [0.15, 0.2) is 14.8 Å². The summed E-state index contributed by atoms with van der Waals surface area (Å²) in [6.45, 7) is 1.62. The van der Waals surface area contributed by atoms with Crippen molar-refractivity contribution < 1.29 is 8.42 Å². The van der Waals surface area contributed by atoms with E-state index in [0.29, 0.717) is 15.1 Å². The van der Waals surface area contributed by atoms with Gasteiger partial charge in [0.2, 0.25) is 5.13 Å². The van der Waals surface area contributed by atoms with Crippen molar-refractivity contribution in [3.8, 4) is 9.88 Å². The highest BCUT2D eigenvalue weighted by molar-refractivity contribution is 7.90. The maximum atomic E-state index is 11.4. The molecular weight excluding hydrogens is 280 g/mol. The summed E-state index contributed by atoms with van der Waals surface area (Å²) in [5, 5.41) is 9.20. The van der Waals surface area contributed by atoms with Crippen molar-refractivity contribution in [1.82, 2.24) is 15.2 Å². The zero-order valence-electron chi connectivity index (χ0n) is 8.95. The Morgan fingerprint density at radius 2 is 2.12 bits per heavy atom. The van der Waals surface area contributed by atoms with Gasteiger partial charge in [0.05, 0.1) is 4.88 Å². The van der Waals surface area contributed by atoms with Gasteiger partial charge in [-0.15, -0.1) is 21.5 Å². The van der Waals surface area contributed by atoms with Crippen LogP contribution < -0.4 is 5.73 Å². The second-order valence-corrected chi connectivity index (χ2v) is 7.72. The number of nitrogens with zero attached hydrogens (tertiary/aromatic N) is 3. The van der Waals surface area contributed by atoms with Gasteiger partial charge in [-0.05, 0) is 0 Å². The highest BCUT2D eigenvalue weighted by Gasteiger charge is 2.14. The molecule has 0 fully saturated rings. The molecule has 92 valence electrons. The summed E-state index contributed by atoms with van der Waals surface area (Å²) >= 11 is 2.56. The summed E-state index contributed by atoms with van der Waals surface area (Å²) in [5.74, 6) is 0.0934. The second-order valence-electron chi connectivity index (χ2n) is 3.24. The van der Waals surface area contributed by atoms with Crippen molar-refractivity contribution in [2.24, 2.45) is 0 Å². The monoisotopic (exact) mass is 290 g/mol. The molecule has 9 heteroatoms. The van der Waals surface area contributed by atoms with Crippen LogP contribution in [-0.2, 0) is 15.6 Å². The number of nitrogens with two attached hydrogens (primary N) is 1. The van der Waals surface area contributed by atoms with Crippen molar-refractivity contribution >= 4 is 37.6 Å². The number of hydrogen-bond donors (Lipinski definition) is 1. The lowest BCUT2D eigenvalue weighted by Crippen LogP contribution is -2.05. The van der Waals surface area contributed by atoms with Crippen LogP contribution in [0.3, 0.4) is 0 Å². The highest BCUT2D eigenvalue weighted by Crippen LogP contribution is 2.30. The minimum absolute atomic E-state index is 0.0253. The van der Waals surface area contributed by atoms with Crippen LogP contribution in [0, 0.1) is 0 Å². The molecule has 0 saturated heterocycles. The van der Waals surface area contributed by atoms with E-state index in [4.69, 9.17) is 5.73 Å². The van der Waals surface area contributed by atoms with E-state index in [1.807, 2.05) is 0 Å². The van der Waals surface area contributed by atoms with E-state index < -0.39 is 9.84 Å². The third-order valence-corrected chi connectivity index (χ3v) is 5.68. The Bertz CT molecular complexity index is 616. The van der Waals surface area contributed by atoms with Crippen LogP contribution in [0.4, 0.5) is 5.13 Å². The van der Waals surface area contributed by atoms with Gasteiger partial charge < -0.3 is 5.73 Å². The van der Waals surface area contributed by atoms with Gasteiger partial charge in [-0.2, -0.15) is 0 Å². The first-order valence-electron chi connectivity index (χ1n) is 4.74. The Morgan fingerprint density at radius 3 is 2.71 bits per heavy atom. The average molecular weight is 290 g/mol. The summed E-state index contributed by atoms with van der Waals surface area (Å²) in [4.78, 5) is 4.86. The molecule has 0 saturated carbocycles. The van der Waals surface area contributed by atoms with Crippen molar-refractivity contribution in [1.29, 1.82) is 0 Å². The zero-order chi connectivity index (χ0) is 12.5. The van der Waals surface area contributed by atoms with Crippen molar-refractivity contribution in [2.75, 3.05) is 11.5 Å². The van der Waals surface area contributed by atoms with E-state index in [0.717, 1.165) is 4.88 Å². The van der Waals surface area contributed by atoms with Crippen LogP contribution in [0.2, 0.25) is 0 Å². The predicted molar refractivity (Wildman–Crippen MR) is 68.6 cm³/mol. The molecule has 2 heterocycles. The van der Waals surface area contributed by atoms with Crippen LogP contribution in [-0.4, -0.2) is 29.4 Å². The van der Waals surface area contributed by atoms with Gasteiger partial charge in [0.25, 0.3) is 0 Å². The van der Waals surface area contributed by atoms with Crippen molar-refractivity contribution in [3.05, 3.63) is 11.2 Å². The molecule has 0 unspecified atom stereocenters. The maximum absolute atomic E-state index is 11.4. The third-order valence-electron chi connectivity index (χ3n) is 1.99. The molecule has 0 aromatic carbocycles. The summed E-state index contributed by atoms with van der Waals surface area (Å²) in [7, 11) is -3.05. The molecule has 0 amide bonds. The van der Waals surface area contributed by atoms with Crippen molar-refractivity contribution in [3.63, 3.8) is 0 Å². The minimum Gasteiger partial charge on any atom is -0.374 e. The van der Waals surface area contributed by atoms with Gasteiger partial charge in [-0.1, -0.05) is 18.3 Å². The smallest absolute Gasteiger partial charge is 0.203 e. The summed E-state index contributed by atoms with van der Waals surface area (Å²) in [6.07, 6.45) is 1.60. The number of aromatic nitrogens is 3. The quantitative estimate of drug-likeness (QED) is 0.907. The molecule has 2 rings (SSSR count). The van der Waals surface area contributed by atoms with Gasteiger partial charge in [-0.25, -0.2) is 13.4 Å². The SMILES string of the molecule is CCS(=O)(=O)Cc1ncc(-c2nnc(N)s2)s1. The van der Waals surface area contributed by atoms with Gasteiger partial charge in [0, 0.05) is 11.9 Å². The maximum Gasteiger partial charge on any atom is 0.203 e. The standard InChI is InChI=1S/C8H10N4O2S3/c1-2-17(13,14)4-6-10-3-5(15-6)7-11-12-8(9)16-7/h3H,2,4H2,1H3,(H2,9,12). The molecule has 17 heavy (non-hydrogen) atoms. The molecule has 2 aromatic heterocycles. The van der Waals surface area contributed by atoms with E-state index in [1.54, 1.807) is 13.1 Å². The average Bonchev–Trinajstić information content (AvgIpc) is 2.86. The third kappa shape index (κ3) is 2.99. The van der Waals surface area contributed by atoms with E-state index >= 15 is 0 Å². The highest BCUT2D eigenvalue weighted by atomic mass is 32.2. The molecule has 0 aliphatic heterocycles. The van der Waals surface area contributed by atoms with Crippen LogP contribution in [0.25, 0.3) is 9.88 Å². The zero-order valence-corrected chi connectivity index (χ0v) is 11.4. The van der Waals surface area contributed by atoms with E-state index in [-0.39, 0.29) is 11.5 Å². The van der Waals surface area contributed by atoms with Crippen LogP contribution >= 0.6 is 22.7 Å². The molecule has 0 aliphatic carbocycles. The normalized spacial score (nSPS) is 11.8. The first-order valence-corrected chi connectivity index (χ1v) is 8.20. The Morgan fingerprint density at radius 1 is 1.35 bits per heavy atom. The lowest BCUT2D eigenvalue weighted by molar-refractivity contribution is 0.596. The number of hydrogen-bond acceptors (Lipinski definition) is 8. The molecule has 0 bridgehead atoms. The number of anilines is 1. The lowest BCUT2D eigenvalue weighted by atomic mass is 10.6. The minimum atomic E-state index is -3.05. The van der Waals surface area contributed by atoms with Crippen LogP contribution in [0.5, 0.6) is 0 Å². The summed E-state index contributed by atoms with van der Waals surface area (Å²) < 4.78 is 22.9. The first-order chi connectivity index (χ1) is 8.00. The molecule has 2 N–H and O–H groups in total. The van der Waals surface area contributed by atoms with Crippen LogP contribution in [0.15, 0.2) is 6.20 Å². The van der Waals surface area contributed by atoms with E-state index in [2.05, 4.69) is 15.2 Å². The molecular formula is C8H10N4O2S3. The second kappa shape index (κ2) is 4.67. The molecule has 2 aromatic rings. The Balaban J connectivity index is 2.22. The topological polar surface area (TPSA) is 98.8 Å². The fourth-order valence-electron chi connectivity index (χ4n) is 1.10. The predicted octanol–water partition coefficient (Wildman–Crippen LogP) is 1.18. The number of sulfone groups is 1. The molecule has 0 spiro atoms. The number of thiazole rings is 1. The fraction of sp³-hybridized carbons (Fsp3) is 0.375. The molecule has 0 aliphatic rings. The summed E-state index contributed by atoms with van der Waals surface area (Å²) in [6, 6.07) is 0. The fourth-order valence-corrected chi connectivity index (χ4v) is 3.89. The number of nitrogen functional groups attached to an aromatic ring is 1. The molecule has 6 nitrogen and oxygen atoms in total. The Kier molecular flexibility index (Phi) is 3.40. The van der Waals surface area contributed by atoms with Gasteiger partial charge >= 0.3 is 0 Å². The lowest BCUT2D eigenvalue weighted by Gasteiger charge is -1.95. The molecule has 0 atom stereocenters. The van der Waals surface area contributed by atoms with Gasteiger partial charge in [0.1, 0.15) is 10.8 Å². The van der Waals surface area contributed by atoms with E-state index in [1.165, 1.54) is 22.7 Å². The summed E-state index contributed by atoms with van der Waals surface area (Å²) in [5.41, 5.74) is 5.48. The van der Waals surface area contributed by atoms with E-state index in [9.17, 15) is 8.42 Å². The largest absolute Gasteiger partial charge is 0.374 e. The van der Waals surface area contributed by atoms with Gasteiger partial charge in [-0.3, -0.25) is 0 Å². The Labute approximate surface area is 106 Å². The number of rotatable bonds is 4. The van der Waals surface area contributed by atoms with Crippen molar-refractivity contribution in [2.45, 2.75) is 12.7 Å². The van der Waals surface area contributed by atoms with Crippen LogP contribution in [0.1, 0.15) is 11.9 Å². The first kappa shape index (κ1) is 12.4.